The van der Waals surface area contributed by atoms with Crippen LogP contribution < -0.4 is 16.4 Å². The standard InChI is InChI=1S/C28H27N5O2/c1-19(30-15-14-27(29)21-10-12-25(13-11-21)32-20(2)34)31-26-9-5-8-22(16-26)28(35)33-17-23-6-3-4-7-24(23)18-33/h3-16,31H,1,17-18,29H2,2H3,(H,32,34)/b27-14-,30-15-. The molecule has 0 spiro atoms. The van der Waals surface area contributed by atoms with Crippen molar-refractivity contribution in [3.05, 3.63) is 114 Å². The predicted molar refractivity (Wildman–Crippen MR) is 141 cm³/mol. The summed E-state index contributed by atoms with van der Waals surface area (Å²) in [5.41, 5.74) is 11.9. The van der Waals surface area contributed by atoms with Crippen LogP contribution in [-0.2, 0) is 17.9 Å². The number of hydrogen-bond donors (Lipinski definition) is 3. The first-order valence-electron chi connectivity index (χ1n) is 11.2. The summed E-state index contributed by atoms with van der Waals surface area (Å²) in [5, 5.41) is 5.82. The Morgan fingerprint density at radius 3 is 2.26 bits per heavy atom. The highest BCUT2D eigenvalue weighted by atomic mass is 16.2. The molecule has 1 aliphatic rings. The van der Waals surface area contributed by atoms with Crippen molar-refractivity contribution >= 4 is 35.1 Å². The van der Waals surface area contributed by atoms with Crippen molar-refractivity contribution in [2.75, 3.05) is 10.6 Å². The van der Waals surface area contributed by atoms with Crippen LogP contribution in [0.3, 0.4) is 0 Å². The molecule has 7 heteroatoms. The van der Waals surface area contributed by atoms with Crippen LogP contribution in [0.15, 0.2) is 96.3 Å². The summed E-state index contributed by atoms with van der Waals surface area (Å²) in [6, 6.07) is 22.6. The van der Waals surface area contributed by atoms with Crippen LogP contribution in [-0.4, -0.2) is 22.9 Å². The molecule has 3 aromatic rings. The molecule has 4 rings (SSSR count). The average molecular weight is 466 g/mol. The zero-order valence-corrected chi connectivity index (χ0v) is 19.5. The van der Waals surface area contributed by atoms with Crippen molar-refractivity contribution in [1.29, 1.82) is 0 Å². The van der Waals surface area contributed by atoms with Crippen molar-refractivity contribution in [2.24, 2.45) is 10.7 Å². The molecule has 2 amide bonds. The highest BCUT2D eigenvalue weighted by Gasteiger charge is 2.23. The van der Waals surface area contributed by atoms with E-state index in [2.05, 4.69) is 34.3 Å². The molecule has 1 heterocycles. The summed E-state index contributed by atoms with van der Waals surface area (Å²) in [5.74, 6) is 0.267. The van der Waals surface area contributed by atoms with Crippen molar-refractivity contribution in [2.45, 2.75) is 20.0 Å². The Labute approximate surface area is 204 Å². The van der Waals surface area contributed by atoms with Crippen molar-refractivity contribution in [1.82, 2.24) is 4.90 Å². The van der Waals surface area contributed by atoms with Crippen LogP contribution in [0.25, 0.3) is 5.70 Å². The first-order chi connectivity index (χ1) is 16.9. The zero-order valence-electron chi connectivity index (χ0n) is 19.5. The van der Waals surface area contributed by atoms with E-state index >= 15 is 0 Å². The number of aliphatic imine (C=N–C) groups is 1. The summed E-state index contributed by atoms with van der Waals surface area (Å²) in [4.78, 5) is 30.3. The minimum absolute atomic E-state index is 0.0146. The van der Waals surface area contributed by atoms with Gasteiger partial charge in [-0.3, -0.25) is 9.59 Å². The van der Waals surface area contributed by atoms with Gasteiger partial charge in [0.15, 0.2) is 0 Å². The third-order valence-corrected chi connectivity index (χ3v) is 5.55. The van der Waals surface area contributed by atoms with Gasteiger partial charge in [-0.2, -0.15) is 0 Å². The maximum absolute atomic E-state index is 13.0. The second-order valence-electron chi connectivity index (χ2n) is 8.24. The SMILES string of the molecule is C=C(/N=C\C=C(/N)c1ccc(NC(C)=O)cc1)Nc1cccc(C(=O)N2Cc3ccccc3C2)c1. The van der Waals surface area contributed by atoms with Gasteiger partial charge >= 0.3 is 0 Å². The molecule has 35 heavy (non-hydrogen) atoms. The lowest BCUT2D eigenvalue weighted by molar-refractivity contribution is -0.114. The molecular formula is C28H27N5O2. The summed E-state index contributed by atoms with van der Waals surface area (Å²) >= 11 is 0. The number of allylic oxidation sites excluding steroid dienone is 1. The largest absolute Gasteiger partial charge is 0.398 e. The second-order valence-corrected chi connectivity index (χ2v) is 8.24. The van der Waals surface area contributed by atoms with Crippen LogP contribution in [0, 0.1) is 0 Å². The van der Waals surface area contributed by atoms with Gasteiger partial charge in [0.1, 0.15) is 5.82 Å². The normalized spacial score (nSPS) is 12.9. The molecule has 176 valence electrons. The van der Waals surface area contributed by atoms with E-state index in [1.165, 1.54) is 18.1 Å². The second kappa shape index (κ2) is 10.5. The van der Waals surface area contributed by atoms with Crippen molar-refractivity contribution in [3.8, 4) is 0 Å². The fourth-order valence-corrected chi connectivity index (χ4v) is 3.84. The smallest absolute Gasteiger partial charge is 0.254 e. The molecule has 0 saturated heterocycles. The fraction of sp³-hybridized carbons (Fsp3) is 0.107. The lowest BCUT2D eigenvalue weighted by atomic mass is 10.1. The maximum atomic E-state index is 13.0. The van der Waals surface area contributed by atoms with Gasteiger partial charge in [-0.15, -0.1) is 0 Å². The van der Waals surface area contributed by atoms with E-state index in [4.69, 9.17) is 5.73 Å². The number of nitrogens with two attached hydrogens (primary N) is 1. The number of nitrogens with one attached hydrogen (secondary N) is 2. The highest BCUT2D eigenvalue weighted by molar-refractivity contribution is 5.95. The highest BCUT2D eigenvalue weighted by Crippen LogP contribution is 2.25. The monoisotopic (exact) mass is 465 g/mol. The van der Waals surface area contributed by atoms with Gasteiger partial charge in [-0.05, 0) is 53.1 Å². The minimum atomic E-state index is -0.129. The van der Waals surface area contributed by atoms with E-state index in [0.29, 0.717) is 35.9 Å². The summed E-state index contributed by atoms with van der Waals surface area (Å²) in [6.45, 7) is 6.62. The molecule has 0 bridgehead atoms. The molecule has 7 nitrogen and oxygen atoms in total. The third-order valence-electron chi connectivity index (χ3n) is 5.55. The van der Waals surface area contributed by atoms with Gasteiger partial charge in [0.2, 0.25) is 5.91 Å². The molecule has 0 fully saturated rings. The lowest BCUT2D eigenvalue weighted by Gasteiger charge is -2.16. The van der Waals surface area contributed by atoms with E-state index < -0.39 is 0 Å². The summed E-state index contributed by atoms with van der Waals surface area (Å²) in [7, 11) is 0. The number of amides is 2. The molecule has 0 atom stereocenters. The predicted octanol–water partition coefficient (Wildman–Crippen LogP) is 4.75. The Bertz CT molecular complexity index is 1300. The van der Waals surface area contributed by atoms with E-state index in [1.54, 1.807) is 30.5 Å². The van der Waals surface area contributed by atoms with Crippen LogP contribution in [0.1, 0.15) is 34.0 Å². The number of benzene rings is 3. The third kappa shape index (κ3) is 6.03. The van der Waals surface area contributed by atoms with Crippen LogP contribution >= 0.6 is 0 Å². The number of carbonyl (C=O) groups is 2. The average Bonchev–Trinajstić information content (AvgIpc) is 3.28. The van der Waals surface area contributed by atoms with Gasteiger partial charge in [-0.1, -0.05) is 49.0 Å². The van der Waals surface area contributed by atoms with Gasteiger partial charge in [0.25, 0.3) is 5.91 Å². The Hall–Kier alpha value is -4.65. The van der Waals surface area contributed by atoms with Gasteiger partial charge < -0.3 is 21.3 Å². The van der Waals surface area contributed by atoms with Gasteiger partial charge in [0, 0.05) is 48.9 Å². The first-order valence-corrected chi connectivity index (χ1v) is 11.2. The summed E-state index contributed by atoms with van der Waals surface area (Å²) < 4.78 is 0. The maximum Gasteiger partial charge on any atom is 0.254 e. The Morgan fingerprint density at radius 2 is 1.60 bits per heavy atom. The van der Waals surface area contributed by atoms with E-state index in [0.717, 1.165) is 11.3 Å². The number of rotatable bonds is 7. The molecule has 1 aliphatic heterocycles. The summed E-state index contributed by atoms with van der Waals surface area (Å²) in [6.07, 6.45) is 3.23. The Morgan fingerprint density at radius 1 is 0.914 bits per heavy atom. The number of hydrogen-bond acceptors (Lipinski definition) is 5. The van der Waals surface area contributed by atoms with Crippen molar-refractivity contribution < 1.29 is 9.59 Å². The van der Waals surface area contributed by atoms with E-state index in [9.17, 15) is 9.59 Å². The lowest BCUT2D eigenvalue weighted by Crippen LogP contribution is -2.25. The molecule has 0 unspecified atom stereocenters. The van der Waals surface area contributed by atoms with Gasteiger partial charge in [0.05, 0.1) is 0 Å². The van der Waals surface area contributed by atoms with E-state index in [-0.39, 0.29) is 11.8 Å². The molecule has 3 aromatic carbocycles. The minimum Gasteiger partial charge on any atom is -0.398 e. The Kier molecular flexibility index (Phi) is 7.07. The van der Waals surface area contributed by atoms with Crippen LogP contribution in [0.2, 0.25) is 0 Å². The molecular weight excluding hydrogens is 438 g/mol. The number of nitrogens with zero attached hydrogens (tertiary/aromatic N) is 2. The molecule has 0 saturated carbocycles. The number of anilines is 2. The van der Waals surface area contributed by atoms with Crippen LogP contribution in [0.4, 0.5) is 11.4 Å². The molecule has 0 radical (unpaired) electrons. The topological polar surface area (TPSA) is 99.8 Å². The molecule has 4 N–H and O–H groups in total. The molecule has 0 aromatic heterocycles. The zero-order chi connectivity index (χ0) is 24.8. The van der Waals surface area contributed by atoms with Crippen molar-refractivity contribution in [3.63, 3.8) is 0 Å². The number of fused-ring (bicyclic) bond motifs is 1. The quantitative estimate of drug-likeness (QED) is 0.438. The van der Waals surface area contributed by atoms with E-state index in [1.807, 2.05) is 47.4 Å². The molecule has 0 aliphatic carbocycles. The van der Waals surface area contributed by atoms with Gasteiger partial charge in [-0.25, -0.2) is 4.99 Å². The fourth-order valence-electron chi connectivity index (χ4n) is 3.84. The van der Waals surface area contributed by atoms with Crippen LogP contribution in [0.5, 0.6) is 0 Å². The Balaban J connectivity index is 1.35. The number of carbonyl (C=O) groups excluding carboxylic acids is 2. The first kappa shape index (κ1) is 23.5.